The lowest BCUT2D eigenvalue weighted by molar-refractivity contribution is -0.139. The molecule has 0 aliphatic carbocycles. The van der Waals surface area contributed by atoms with Crippen LogP contribution in [0.4, 0.5) is 11.5 Å². The summed E-state index contributed by atoms with van der Waals surface area (Å²) in [6, 6.07) is 0. The number of aromatic nitrogens is 2. The third-order valence-electron chi connectivity index (χ3n) is 2.58. The minimum absolute atomic E-state index is 0.0716. The molecule has 1 aromatic heterocycles. The van der Waals surface area contributed by atoms with Gasteiger partial charge in [-0.2, -0.15) is 0 Å². The zero-order chi connectivity index (χ0) is 12.6. The van der Waals surface area contributed by atoms with E-state index in [1.54, 1.807) is 11.8 Å². The summed E-state index contributed by atoms with van der Waals surface area (Å²) in [6.07, 6.45) is -0.0716. The molecule has 1 aliphatic heterocycles. The second-order valence-corrected chi connectivity index (χ2v) is 4.14. The Morgan fingerprint density at radius 3 is 2.94 bits per heavy atom. The van der Waals surface area contributed by atoms with Crippen LogP contribution in [0.15, 0.2) is 0 Å². The number of carbonyl (C=O) groups excluding carboxylic acids is 1. The molecule has 2 heterocycles. The van der Waals surface area contributed by atoms with Gasteiger partial charge in [0.15, 0.2) is 11.0 Å². The summed E-state index contributed by atoms with van der Waals surface area (Å²) in [5.74, 6) is 0.912. The minimum atomic E-state index is -0.330. The lowest BCUT2D eigenvalue weighted by Gasteiger charge is -2.22. The van der Waals surface area contributed by atoms with Crippen LogP contribution in [0.25, 0.3) is 0 Å². The first-order valence-electron chi connectivity index (χ1n) is 5.17. The predicted octanol–water partition coefficient (Wildman–Crippen LogP) is 1.19. The lowest BCUT2D eigenvalue weighted by Crippen LogP contribution is -2.37. The third-order valence-corrected chi connectivity index (χ3v) is 2.84. The predicted molar refractivity (Wildman–Crippen MR) is 64.2 cm³/mol. The van der Waals surface area contributed by atoms with Gasteiger partial charge in [-0.15, -0.1) is 0 Å². The van der Waals surface area contributed by atoms with Crippen molar-refractivity contribution in [2.75, 3.05) is 23.9 Å². The Balaban J connectivity index is 2.36. The Kier molecular flexibility index (Phi) is 3.06. The van der Waals surface area contributed by atoms with E-state index in [1.165, 1.54) is 7.11 Å². The van der Waals surface area contributed by atoms with Crippen LogP contribution in [0.1, 0.15) is 12.7 Å². The number of nitrogens with zero attached hydrogens (tertiary/aromatic N) is 3. The van der Waals surface area contributed by atoms with Gasteiger partial charge < -0.3 is 15.0 Å². The molecule has 0 fully saturated rings. The van der Waals surface area contributed by atoms with Gasteiger partial charge >= 0.3 is 5.97 Å². The monoisotopic (exact) mass is 256 g/mol. The zero-order valence-electron chi connectivity index (χ0n) is 9.82. The zero-order valence-corrected chi connectivity index (χ0v) is 10.6. The molecule has 1 atom stereocenters. The minimum Gasteiger partial charge on any atom is -0.468 e. The summed E-state index contributed by atoms with van der Waals surface area (Å²) in [5, 5.41) is 3.48. The van der Waals surface area contributed by atoms with Crippen molar-refractivity contribution >= 4 is 29.1 Å². The Labute approximate surface area is 104 Å². The van der Waals surface area contributed by atoms with Crippen molar-refractivity contribution < 1.29 is 9.53 Å². The van der Waals surface area contributed by atoms with Crippen LogP contribution in [0.3, 0.4) is 0 Å². The average molecular weight is 257 g/mol. The maximum atomic E-state index is 11.3. The quantitative estimate of drug-likeness (QED) is 0.633. The molecule has 6 nitrogen and oxygen atoms in total. The number of fused-ring (bicyclic) bond motifs is 1. The second-order valence-electron chi connectivity index (χ2n) is 3.78. The molecule has 1 aliphatic rings. The van der Waals surface area contributed by atoms with Crippen molar-refractivity contribution in [2.45, 2.75) is 20.0 Å². The number of carbonyl (C=O) groups is 1. The van der Waals surface area contributed by atoms with E-state index in [4.69, 9.17) is 11.6 Å². The molecule has 0 aromatic carbocycles. The van der Waals surface area contributed by atoms with Gasteiger partial charge in [-0.05, 0) is 13.8 Å². The molecule has 0 bridgehead atoms. The summed E-state index contributed by atoms with van der Waals surface area (Å²) in [5.41, 5.74) is 0.648. The summed E-state index contributed by atoms with van der Waals surface area (Å²) in [7, 11) is 1.35. The number of hydrogen-bond donors (Lipinski definition) is 1. The normalized spacial score (nSPS) is 17.6. The number of methoxy groups -OCH3 is 1. The van der Waals surface area contributed by atoms with Gasteiger partial charge in [0.2, 0.25) is 0 Å². The number of hydrogen-bond acceptors (Lipinski definition) is 6. The maximum Gasteiger partial charge on any atom is 0.325 e. The van der Waals surface area contributed by atoms with Crippen molar-refractivity contribution in [3.05, 3.63) is 11.0 Å². The van der Waals surface area contributed by atoms with Gasteiger partial charge in [0.05, 0.1) is 13.3 Å². The van der Waals surface area contributed by atoms with Gasteiger partial charge in [0.25, 0.3) is 0 Å². The third kappa shape index (κ3) is 2.12. The molecule has 92 valence electrons. The fourth-order valence-corrected chi connectivity index (χ4v) is 2.10. The number of esters is 1. The van der Waals surface area contributed by atoms with E-state index in [0.717, 1.165) is 0 Å². The molecule has 0 saturated carbocycles. The first kappa shape index (κ1) is 11.9. The summed E-state index contributed by atoms with van der Waals surface area (Å²) in [4.78, 5) is 21.4. The number of anilines is 2. The highest BCUT2D eigenvalue weighted by Gasteiger charge is 2.31. The number of halogens is 1. The molecule has 2 rings (SSSR count). The largest absolute Gasteiger partial charge is 0.468 e. The van der Waals surface area contributed by atoms with Crippen LogP contribution in [0.2, 0.25) is 5.15 Å². The van der Waals surface area contributed by atoms with E-state index >= 15 is 0 Å². The Hall–Kier alpha value is -1.56. The molecule has 1 aromatic rings. The molecule has 17 heavy (non-hydrogen) atoms. The van der Waals surface area contributed by atoms with Crippen molar-refractivity contribution in [3.63, 3.8) is 0 Å². The van der Waals surface area contributed by atoms with Crippen molar-refractivity contribution in [3.8, 4) is 0 Å². The smallest absolute Gasteiger partial charge is 0.325 e. The number of aryl methyl sites for hydroxylation is 1. The second kappa shape index (κ2) is 4.37. The van der Waals surface area contributed by atoms with E-state index < -0.39 is 0 Å². The van der Waals surface area contributed by atoms with Gasteiger partial charge in [-0.3, -0.25) is 4.79 Å². The number of nitrogens with one attached hydrogen (secondary N) is 1. The highest BCUT2D eigenvalue weighted by Crippen LogP contribution is 2.37. The van der Waals surface area contributed by atoms with Gasteiger partial charge in [0.1, 0.15) is 18.1 Å². The van der Waals surface area contributed by atoms with Crippen LogP contribution in [-0.2, 0) is 9.53 Å². The molecule has 0 saturated heterocycles. The fraction of sp³-hybridized carbons (Fsp3) is 0.500. The summed E-state index contributed by atoms with van der Waals surface area (Å²) in [6.45, 7) is 3.79. The molecule has 0 spiro atoms. The summed E-state index contributed by atoms with van der Waals surface area (Å²) >= 11 is 6.08. The lowest BCUT2D eigenvalue weighted by atomic mass is 10.4. The van der Waals surface area contributed by atoms with Crippen LogP contribution >= 0.6 is 11.6 Å². The van der Waals surface area contributed by atoms with E-state index in [9.17, 15) is 4.79 Å². The van der Waals surface area contributed by atoms with Gasteiger partial charge in [0, 0.05) is 0 Å². The van der Waals surface area contributed by atoms with Gasteiger partial charge in [-0.25, -0.2) is 9.97 Å². The van der Waals surface area contributed by atoms with Crippen molar-refractivity contribution in [2.24, 2.45) is 0 Å². The first-order chi connectivity index (χ1) is 8.02. The highest BCUT2D eigenvalue weighted by molar-refractivity contribution is 6.32. The standard InChI is InChI=1S/C10H13ClN4O2/c1-5-12-9(11)8-10(13-5)14-6(2)15(8)4-7(16)17-3/h6H,4H2,1-3H3,(H,12,13,14). The average Bonchev–Trinajstić information content (AvgIpc) is 2.55. The SMILES string of the molecule is COC(=O)CN1c2c(Cl)nc(C)nc2NC1C. The fourth-order valence-electron chi connectivity index (χ4n) is 1.78. The maximum absolute atomic E-state index is 11.3. The highest BCUT2D eigenvalue weighted by atomic mass is 35.5. The van der Waals surface area contributed by atoms with E-state index in [1.807, 2.05) is 6.92 Å². The first-order valence-corrected chi connectivity index (χ1v) is 5.55. The van der Waals surface area contributed by atoms with Crippen molar-refractivity contribution in [1.82, 2.24) is 9.97 Å². The molecule has 0 amide bonds. The van der Waals surface area contributed by atoms with E-state index in [-0.39, 0.29) is 18.7 Å². The molecule has 1 N–H and O–H groups in total. The molecular formula is C10H13ClN4O2. The van der Waals surface area contributed by atoms with Crippen LogP contribution in [0, 0.1) is 6.92 Å². The molecule has 1 unspecified atom stereocenters. The van der Waals surface area contributed by atoms with Crippen LogP contribution in [0.5, 0.6) is 0 Å². The van der Waals surface area contributed by atoms with Crippen molar-refractivity contribution in [1.29, 1.82) is 0 Å². The topological polar surface area (TPSA) is 67.3 Å². The van der Waals surface area contributed by atoms with Crippen LogP contribution < -0.4 is 10.2 Å². The molecule has 0 radical (unpaired) electrons. The van der Waals surface area contributed by atoms with Crippen LogP contribution in [-0.4, -0.2) is 35.8 Å². The number of ether oxygens (including phenoxy) is 1. The molecular weight excluding hydrogens is 244 g/mol. The molecule has 7 heteroatoms. The van der Waals surface area contributed by atoms with E-state index in [2.05, 4.69) is 20.0 Å². The summed E-state index contributed by atoms with van der Waals surface area (Å²) < 4.78 is 4.65. The Morgan fingerprint density at radius 1 is 1.59 bits per heavy atom. The van der Waals surface area contributed by atoms with Gasteiger partial charge in [-0.1, -0.05) is 11.6 Å². The Morgan fingerprint density at radius 2 is 2.29 bits per heavy atom. The Bertz CT molecular complexity index is 466. The van der Waals surface area contributed by atoms with E-state index in [0.29, 0.717) is 22.5 Å². The number of rotatable bonds is 2.